The third-order valence-corrected chi connectivity index (χ3v) is 4.51. The van der Waals surface area contributed by atoms with Crippen molar-refractivity contribution in [1.82, 2.24) is 4.98 Å². The Morgan fingerprint density at radius 3 is 2.84 bits per heavy atom. The third-order valence-electron chi connectivity index (χ3n) is 3.24. The number of hydrogen-bond acceptors (Lipinski definition) is 5. The SMILES string of the molecule is C#CCOc1ccccc1/C=N/Nc1nc(-c2ccc(Br)cc2)cs1. The molecule has 0 amide bonds. The normalized spacial score (nSPS) is 10.6. The van der Waals surface area contributed by atoms with Crippen molar-refractivity contribution in [2.45, 2.75) is 0 Å². The molecule has 0 bridgehead atoms. The lowest BCUT2D eigenvalue weighted by molar-refractivity contribution is 0.370. The minimum absolute atomic E-state index is 0.224. The minimum Gasteiger partial charge on any atom is -0.480 e. The van der Waals surface area contributed by atoms with Crippen LogP contribution in [0.2, 0.25) is 0 Å². The summed E-state index contributed by atoms with van der Waals surface area (Å²) in [7, 11) is 0. The zero-order chi connectivity index (χ0) is 17.5. The summed E-state index contributed by atoms with van der Waals surface area (Å²) in [5, 5.41) is 6.95. The Balaban J connectivity index is 1.67. The summed E-state index contributed by atoms with van der Waals surface area (Å²) in [6, 6.07) is 15.6. The Hall–Kier alpha value is -2.62. The number of para-hydroxylation sites is 1. The van der Waals surface area contributed by atoms with Crippen LogP contribution in [0.1, 0.15) is 5.56 Å². The summed E-state index contributed by atoms with van der Waals surface area (Å²) in [6.45, 7) is 0.224. The van der Waals surface area contributed by atoms with Gasteiger partial charge in [-0.05, 0) is 24.3 Å². The van der Waals surface area contributed by atoms with Crippen molar-refractivity contribution in [1.29, 1.82) is 0 Å². The zero-order valence-electron chi connectivity index (χ0n) is 13.1. The fourth-order valence-corrected chi connectivity index (χ4v) is 3.01. The molecule has 0 aliphatic heterocycles. The van der Waals surface area contributed by atoms with E-state index in [1.165, 1.54) is 11.3 Å². The molecule has 0 radical (unpaired) electrons. The van der Waals surface area contributed by atoms with Crippen molar-refractivity contribution in [2.75, 3.05) is 12.0 Å². The van der Waals surface area contributed by atoms with E-state index in [0.717, 1.165) is 26.4 Å². The molecule has 1 heterocycles. The molecule has 124 valence electrons. The van der Waals surface area contributed by atoms with Crippen LogP contribution >= 0.6 is 27.3 Å². The number of nitrogens with one attached hydrogen (secondary N) is 1. The van der Waals surface area contributed by atoms with Crippen molar-refractivity contribution in [2.24, 2.45) is 5.10 Å². The Bertz CT molecular complexity index is 913. The predicted molar refractivity (Wildman–Crippen MR) is 107 cm³/mol. The number of thiazole rings is 1. The van der Waals surface area contributed by atoms with Crippen LogP contribution in [0.15, 0.2) is 63.5 Å². The molecule has 1 aromatic heterocycles. The van der Waals surface area contributed by atoms with Gasteiger partial charge < -0.3 is 4.74 Å². The highest BCUT2D eigenvalue weighted by atomic mass is 79.9. The van der Waals surface area contributed by atoms with Crippen molar-refractivity contribution in [3.8, 4) is 29.4 Å². The van der Waals surface area contributed by atoms with Crippen molar-refractivity contribution < 1.29 is 4.74 Å². The van der Waals surface area contributed by atoms with Crippen LogP contribution in [-0.2, 0) is 0 Å². The molecule has 4 nitrogen and oxygen atoms in total. The summed E-state index contributed by atoms with van der Waals surface area (Å²) in [5.74, 6) is 3.15. The van der Waals surface area contributed by atoms with Gasteiger partial charge in [-0.25, -0.2) is 4.98 Å². The van der Waals surface area contributed by atoms with Crippen LogP contribution in [0.25, 0.3) is 11.3 Å². The van der Waals surface area contributed by atoms with Crippen LogP contribution in [0, 0.1) is 12.3 Å². The first-order valence-electron chi connectivity index (χ1n) is 7.42. The van der Waals surface area contributed by atoms with E-state index in [-0.39, 0.29) is 6.61 Å². The highest BCUT2D eigenvalue weighted by Crippen LogP contribution is 2.26. The van der Waals surface area contributed by atoms with Gasteiger partial charge in [0.1, 0.15) is 12.4 Å². The average molecular weight is 412 g/mol. The molecular weight excluding hydrogens is 398 g/mol. The molecule has 25 heavy (non-hydrogen) atoms. The van der Waals surface area contributed by atoms with Gasteiger partial charge in [-0.1, -0.05) is 46.1 Å². The van der Waals surface area contributed by atoms with E-state index >= 15 is 0 Å². The second-order valence-corrected chi connectivity index (χ2v) is 6.72. The van der Waals surface area contributed by atoms with Gasteiger partial charge in [0.25, 0.3) is 0 Å². The molecule has 0 atom stereocenters. The van der Waals surface area contributed by atoms with E-state index in [1.54, 1.807) is 6.21 Å². The second-order valence-electron chi connectivity index (χ2n) is 4.95. The topological polar surface area (TPSA) is 46.5 Å². The van der Waals surface area contributed by atoms with Crippen LogP contribution in [0.4, 0.5) is 5.13 Å². The van der Waals surface area contributed by atoms with E-state index in [9.17, 15) is 0 Å². The van der Waals surface area contributed by atoms with Crippen molar-refractivity contribution in [3.63, 3.8) is 0 Å². The largest absolute Gasteiger partial charge is 0.480 e. The molecule has 3 aromatic rings. The lowest BCUT2D eigenvalue weighted by Gasteiger charge is -2.05. The molecule has 0 fully saturated rings. The molecule has 3 rings (SSSR count). The lowest BCUT2D eigenvalue weighted by atomic mass is 10.2. The quantitative estimate of drug-likeness (QED) is 0.351. The van der Waals surface area contributed by atoms with Gasteiger partial charge in [-0.15, -0.1) is 17.8 Å². The number of halogens is 1. The van der Waals surface area contributed by atoms with Gasteiger partial charge in [0, 0.05) is 21.0 Å². The molecule has 6 heteroatoms. The van der Waals surface area contributed by atoms with E-state index in [1.807, 2.05) is 53.9 Å². The van der Waals surface area contributed by atoms with Gasteiger partial charge in [-0.2, -0.15) is 5.10 Å². The molecule has 2 aromatic carbocycles. The summed E-state index contributed by atoms with van der Waals surface area (Å²) in [5.41, 5.74) is 5.76. The van der Waals surface area contributed by atoms with E-state index in [4.69, 9.17) is 11.2 Å². The number of hydrazone groups is 1. The number of anilines is 1. The first-order chi connectivity index (χ1) is 12.3. The molecule has 0 aliphatic rings. The Kier molecular flexibility index (Phi) is 5.83. The smallest absolute Gasteiger partial charge is 0.203 e. The molecule has 0 aliphatic carbocycles. The van der Waals surface area contributed by atoms with Gasteiger partial charge in [-0.3, -0.25) is 5.43 Å². The summed E-state index contributed by atoms with van der Waals surface area (Å²) >= 11 is 4.93. The second kappa shape index (κ2) is 8.47. The first kappa shape index (κ1) is 17.2. The number of aromatic nitrogens is 1. The predicted octanol–water partition coefficient (Wildman–Crippen LogP) is 5.03. The molecule has 0 saturated carbocycles. The monoisotopic (exact) mass is 411 g/mol. The lowest BCUT2D eigenvalue weighted by Crippen LogP contribution is -1.98. The average Bonchev–Trinajstić information content (AvgIpc) is 3.10. The number of nitrogens with zero attached hydrogens (tertiary/aromatic N) is 2. The number of terminal acetylenes is 1. The van der Waals surface area contributed by atoms with Crippen LogP contribution in [-0.4, -0.2) is 17.8 Å². The Morgan fingerprint density at radius 1 is 1.24 bits per heavy atom. The maximum Gasteiger partial charge on any atom is 0.203 e. The zero-order valence-corrected chi connectivity index (χ0v) is 15.5. The van der Waals surface area contributed by atoms with E-state index < -0.39 is 0 Å². The van der Waals surface area contributed by atoms with Gasteiger partial charge in [0.05, 0.1) is 11.9 Å². The van der Waals surface area contributed by atoms with Crippen LogP contribution < -0.4 is 10.2 Å². The summed E-state index contributed by atoms with van der Waals surface area (Å²) in [6.07, 6.45) is 6.92. The molecule has 1 N–H and O–H groups in total. The van der Waals surface area contributed by atoms with Gasteiger partial charge in [0.2, 0.25) is 5.13 Å². The van der Waals surface area contributed by atoms with Crippen LogP contribution in [0.5, 0.6) is 5.75 Å². The van der Waals surface area contributed by atoms with Gasteiger partial charge >= 0.3 is 0 Å². The van der Waals surface area contributed by atoms with Crippen molar-refractivity contribution in [3.05, 3.63) is 63.9 Å². The fraction of sp³-hybridized carbons (Fsp3) is 0.0526. The highest BCUT2D eigenvalue weighted by Gasteiger charge is 2.04. The number of rotatable bonds is 6. The van der Waals surface area contributed by atoms with E-state index in [2.05, 4.69) is 37.4 Å². The highest BCUT2D eigenvalue weighted by molar-refractivity contribution is 9.10. The Labute approximate surface area is 158 Å². The number of ether oxygens (including phenoxy) is 1. The maximum absolute atomic E-state index is 5.49. The standard InChI is InChI=1S/C19H14BrN3OS/c1-2-11-24-18-6-4-3-5-15(18)12-21-23-19-22-17(13-25-19)14-7-9-16(20)10-8-14/h1,3-10,12-13H,11H2,(H,22,23)/b21-12+. The van der Waals surface area contributed by atoms with Crippen LogP contribution in [0.3, 0.4) is 0 Å². The molecular formula is C19H14BrN3OS. The van der Waals surface area contributed by atoms with Gasteiger partial charge in [0.15, 0.2) is 0 Å². The number of benzene rings is 2. The van der Waals surface area contributed by atoms with Crippen molar-refractivity contribution >= 4 is 38.6 Å². The first-order valence-corrected chi connectivity index (χ1v) is 9.09. The number of hydrogen-bond donors (Lipinski definition) is 1. The van der Waals surface area contributed by atoms with E-state index in [0.29, 0.717) is 5.75 Å². The molecule has 0 spiro atoms. The molecule has 0 saturated heterocycles. The third kappa shape index (κ3) is 4.69. The maximum atomic E-state index is 5.49. The molecule has 0 unspecified atom stereocenters. The minimum atomic E-state index is 0.224. The summed E-state index contributed by atoms with van der Waals surface area (Å²) in [4.78, 5) is 4.53. The Morgan fingerprint density at radius 2 is 2.04 bits per heavy atom. The summed E-state index contributed by atoms with van der Waals surface area (Å²) < 4.78 is 6.53. The fourth-order valence-electron chi connectivity index (χ4n) is 2.07.